The zero-order valence-corrected chi connectivity index (χ0v) is 51.6. The molecule has 0 heterocycles. The molecule has 0 bridgehead atoms. The molecule has 0 fully saturated rings. The van der Waals surface area contributed by atoms with Gasteiger partial charge < -0.3 is 18.3 Å². The lowest BCUT2D eigenvalue weighted by Crippen LogP contribution is -2.50. The van der Waals surface area contributed by atoms with Gasteiger partial charge in [-0.05, 0) is 156 Å². The molecule has 5 rings (SSSR count). The lowest BCUT2D eigenvalue weighted by molar-refractivity contribution is -0.253. The van der Waals surface area contributed by atoms with Crippen LogP contribution in [-0.4, -0.2) is 65.3 Å². The van der Waals surface area contributed by atoms with Gasteiger partial charge in [0.15, 0.2) is 11.6 Å². The minimum atomic E-state index is -4.91. The molecule has 0 saturated carbocycles. The maximum absolute atomic E-state index is 15.9. The predicted molar refractivity (Wildman–Crippen MR) is 307 cm³/mol. The minimum Gasteiger partial charge on any atom is -0.542 e. The van der Waals surface area contributed by atoms with Crippen molar-refractivity contribution in [2.24, 2.45) is 4.40 Å². The predicted octanol–water partition coefficient (Wildman–Crippen LogP) is 17.6. The number of hydrogen-bond donors (Lipinski definition) is 1. The van der Waals surface area contributed by atoms with E-state index in [1.165, 1.54) is 24.3 Å². The fourth-order valence-corrected chi connectivity index (χ4v) is 10.3. The summed E-state index contributed by atoms with van der Waals surface area (Å²) in [5.41, 5.74) is -1.23. The Morgan fingerprint density at radius 2 is 1.04 bits per heavy atom. The van der Waals surface area contributed by atoms with Crippen molar-refractivity contribution >= 4 is 44.3 Å². The highest BCUT2D eigenvalue weighted by Gasteiger charge is 2.47. The molecule has 0 saturated heterocycles. The molecule has 0 radical (unpaired) electrons. The average Bonchev–Trinajstić information content (AvgIpc) is 3.30. The largest absolute Gasteiger partial charge is 0.542 e. The smallest absolute Gasteiger partial charge is 0.461 e. The van der Waals surface area contributed by atoms with E-state index in [0.29, 0.717) is 17.7 Å². The zero-order chi connectivity index (χ0) is 61.9. The van der Waals surface area contributed by atoms with Crippen LogP contribution in [-0.2, 0) is 33.9 Å². The second kappa shape index (κ2) is 26.4. The number of nitrogens with one attached hydrogen (secondary N) is 1. The Morgan fingerprint density at radius 1 is 0.549 bits per heavy atom. The molecular weight excluding hydrogens is 1170 g/mol. The summed E-state index contributed by atoms with van der Waals surface area (Å²) >= 11 is 0. The van der Waals surface area contributed by atoms with Crippen LogP contribution in [0.4, 0.5) is 52.7 Å². The van der Waals surface area contributed by atoms with Crippen LogP contribution >= 0.6 is 0 Å². The van der Waals surface area contributed by atoms with Crippen molar-refractivity contribution in [3.63, 3.8) is 0 Å². The third-order valence-corrected chi connectivity index (χ3v) is 25.1. The summed E-state index contributed by atoms with van der Waals surface area (Å²) < 4.78 is 219. The maximum Gasteiger partial charge on any atom is 0.461 e. The molecule has 82 heavy (non-hydrogen) atoms. The first-order chi connectivity index (χ1) is 36.7. The Labute approximate surface area is 481 Å². The summed E-state index contributed by atoms with van der Waals surface area (Å²) in [7, 11) is -8.78. The van der Waals surface area contributed by atoms with E-state index in [9.17, 15) is 52.3 Å². The van der Waals surface area contributed by atoms with Gasteiger partial charge in [-0.15, -0.1) is 0 Å². The number of alkyl halides is 8. The molecule has 5 aromatic rings. The van der Waals surface area contributed by atoms with E-state index in [1.807, 2.05) is 67.7 Å². The van der Waals surface area contributed by atoms with Gasteiger partial charge in [0.25, 0.3) is 16.6 Å². The molecule has 1 N–H and O–H groups in total. The molecular formula is C58H74F12N2O6S2Si2. The minimum absolute atomic E-state index is 0. The van der Waals surface area contributed by atoms with Crippen LogP contribution in [0, 0.1) is 23.3 Å². The molecule has 24 heteroatoms. The van der Waals surface area contributed by atoms with Gasteiger partial charge in [-0.25, -0.2) is 30.7 Å². The molecule has 0 aromatic heterocycles. The van der Waals surface area contributed by atoms with E-state index in [1.54, 1.807) is 71.9 Å². The summed E-state index contributed by atoms with van der Waals surface area (Å²) in [6.07, 6.45) is -18.2. The van der Waals surface area contributed by atoms with Crippen molar-refractivity contribution in [1.29, 1.82) is 0 Å². The van der Waals surface area contributed by atoms with Crippen LogP contribution in [0.5, 0.6) is 23.0 Å². The molecule has 3 atom stereocenters. The van der Waals surface area contributed by atoms with Crippen molar-refractivity contribution in [1.82, 2.24) is 4.72 Å². The van der Waals surface area contributed by atoms with Crippen molar-refractivity contribution in [2.45, 2.75) is 173 Å². The van der Waals surface area contributed by atoms with Crippen LogP contribution in [0.2, 0.25) is 36.3 Å². The summed E-state index contributed by atoms with van der Waals surface area (Å²) in [6.45, 7) is 29.6. The summed E-state index contributed by atoms with van der Waals surface area (Å²) in [4.78, 5) is 0. The number of benzene rings is 5. The second-order valence-corrected chi connectivity index (χ2v) is 37.5. The third kappa shape index (κ3) is 18.4. The van der Waals surface area contributed by atoms with E-state index in [0.717, 1.165) is 36.4 Å². The van der Waals surface area contributed by atoms with Gasteiger partial charge in [-0.2, -0.15) is 39.5 Å². The number of nitrogens with zero attached hydrogens (tertiary/aromatic N) is 1. The summed E-state index contributed by atoms with van der Waals surface area (Å²) in [6, 6.07) is 21.3. The molecule has 456 valence electrons. The number of rotatable bonds is 19. The topological polar surface area (TPSA) is 95.5 Å². The first-order valence-electron chi connectivity index (χ1n) is 25.3. The Bertz CT molecular complexity index is 3070. The zero-order valence-electron chi connectivity index (χ0n) is 47.9. The quantitative estimate of drug-likeness (QED) is 0.0503. The summed E-state index contributed by atoms with van der Waals surface area (Å²) in [5.74, 6) is -5.50. The van der Waals surface area contributed by atoms with Gasteiger partial charge in [-0.3, -0.25) is 0 Å². The Kier molecular flexibility index (Phi) is 22.9. The maximum atomic E-state index is 15.9. The molecule has 1 unspecified atom stereocenters. The normalized spacial score (nSPS) is 14.7. The standard InChI is InChI=1S/C32H39F6NO3SSi.C25H31F6NO3SSi.CH4/c1-29(2,3)43(40)39-31(20-21-12-10-9-11-13-21,23-16-24(33)19-25(17-23)41-32(37,38)28(35)36)22-14-15-27(26(34)18-22)42-44(7,8)30(4,5)6;1-23(2,3)36(33)32-21(16-11-17(26)14-18(12-16)34-25(30,31)22(28)29)15-9-10-19(27)20(13-15)35-37(7,8)24(4,5)6;/h9-19,28,39H,20H2,1-8H3;9-14,22H,1-8H3;1H4/t31?,43-;36-;/m11./s1. The van der Waals surface area contributed by atoms with E-state index >= 15 is 8.78 Å². The molecule has 0 aliphatic carbocycles. The van der Waals surface area contributed by atoms with Gasteiger partial charge in [-0.1, -0.05) is 85.4 Å². The Balaban J connectivity index is 0.000000432. The fourth-order valence-electron chi connectivity index (χ4n) is 6.69. The van der Waals surface area contributed by atoms with Crippen LogP contribution in [0.3, 0.4) is 0 Å². The van der Waals surface area contributed by atoms with Gasteiger partial charge in [0.1, 0.15) is 45.6 Å². The molecule has 0 aliphatic heterocycles. The van der Waals surface area contributed by atoms with Crippen LogP contribution in [0.15, 0.2) is 108 Å². The van der Waals surface area contributed by atoms with Crippen molar-refractivity contribution in [3.05, 3.63) is 154 Å². The highest BCUT2D eigenvalue weighted by Crippen LogP contribution is 2.43. The van der Waals surface area contributed by atoms with Crippen LogP contribution in [0.1, 0.15) is 118 Å². The summed E-state index contributed by atoms with van der Waals surface area (Å²) in [5, 5.41) is -0.510. The highest BCUT2D eigenvalue weighted by molar-refractivity contribution is 7.85. The number of halogens is 12. The van der Waals surface area contributed by atoms with Gasteiger partial charge in [0.05, 0.1) is 31.7 Å². The number of ether oxygens (including phenoxy) is 2. The van der Waals surface area contributed by atoms with Crippen molar-refractivity contribution < 1.29 is 79.4 Å². The molecule has 0 amide bonds. The van der Waals surface area contributed by atoms with E-state index in [-0.39, 0.29) is 63.4 Å². The first kappa shape index (κ1) is 71.1. The van der Waals surface area contributed by atoms with Crippen LogP contribution < -0.4 is 23.0 Å². The lowest BCUT2D eigenvalue weighted by Gasteiger charge is -2.39. The Morgan fingerprint density at radius 3 is 1.50 bits per heavy atom. The van der Waals surface area contributed by atoms with Gasteiger partial charge in [0.2, 0.25) is 0 Å². The highest BCUT2D eigenvalue weighted by atomic mass is 32.2. The third-order valence-electron chi connectivity index (χ3n) is 13.3. The molecule has 8 nitrogen and oxygen atoms in total. The molecule has 0 spiro atoms. The lowest BCUT2D eigenvalue weighted by atomic mass is 9.78. The number of hydrogen-bond acceptors (Lipinski definition) is 6. The van der Waals surface area contributed by atoms with Gasteiger partial charge >= 0.3 is 25.1 Å². The van der Waals surface area contributed by atoms with Gasteiger partial charge in [0, 0.05) is 23.3 Å². The average molecular weight is 1240 g/mol. The van der Waals surface area contributed by atoms with Crippen molar-refractivity contribution in [3.8, 4) is 23.0 Å². The van der Waals surface area contributed by atoms with E-state index in [2.05, 4.69) is 18.6 Å². The van der Waals surface area contributed by atoms with E-state index in [4.69, 9.17) is 8.85 Å². The Hall–Kier alpha value is -5.18. The SMILES string of the molecule is C.CC(C)(C)[S@@](=O)N=C(c1cc(F)cc(OC(F)(F)C(F)F)c1)c1ccc(F)c(O[Si](C)(C)C(C)(C)C)c1.CC(C)(C)[S@@](=O)NC(Cc1ccccc1)(c1cc(F)cc(OC(F)(F)C(F)F)c1)c1ccc(O[Si](C)(C)C(C)(C)C)c(F)c1. The van der Waals surface area contributed by atoms with Crippen molar-refractivity contribution in [2.75, 3.05) is 0 Å². The molecule has 0 aliphatic rings. The fraction of sp³-hybridized carbons (Fsp3) is 0.466. The first-order valence-corrected chi connectivity index (χ1v) is 33.3. The second-order valence-electron chi connectivity index (χ2n) is 24.1. The molecule has 5 aromatic carbocycles. The monoisotopic (exact) mass is 1240 g/mol. The van der Waals surface area contributed by atoms with E-state index < -0.39 is 113 Å². The van der Waals surface area contributed by atoms with Crippen LogP contribution in [0.25, 0.3) is 0 Å².